The van der Waals surface area contributed by atoms with Gasteiger partial charge in [-0.25, -0.2) is 8.42 Å². The number of hydrogen-bond donors (Lipinski definition) is 0. The highest BCUT2D eigenvalue weighted by atomic mass is 79.9. The number of benzene rings is 2. The minimum atomic E-state index is -3.67. The lowest BCUT2D eigenvalue weighted by Gasteiger charge is -2.30. The summed E-state index contributed by atoms with van der Waals surface area (Å²) in [6.45, 7) is 0.635. The lowest BCUT2D eigenvalue weighted by atomic mass is 9.90. The monoisotopic (exact) mass is 503 g/mol. The van der Waals surface area contributed by atoms with E-state index in [1.165, 1.54) is 22.5 Å². The Bertz CT molecular complexity index is 953. The first-order valence-corrected chi connectivity index (χ1v) is 12.0. The summed E-state index contributed by atoms with van der Waals surface area (Å²) >= 11 is 15.4. The van der Waals surface area contributed by atoms with Crippen molar-refractivity contribution in [3.8, 4) is 0 Å². The molecule has 1 aliphatic rings. The standard InChI is InChI=1S/C20H20BrCl2NO3S/c21-19-4-2-1-3-14(19)5-6-20(25)15-7-9-24(10-8-15)28(26,27)18-12-16(22)11-17(23)13-18/h1-4,11-13,15H,5-10H2. The molecule has 2 aromatic carbocycles. The Labute approximate surface area is 184 Å². The van der Waals surface area contributed by atoms with Crippen molar-refractivity contribution < 1.29 is 13.2 Å². The third-order valence-electron chi connectivity index (χ3n) is 4.98. The van der Waals surface area contributed by atoms with Crippen molar-refractivity contribution in [2.45, 2.75) is 30.6 Å². The molecule has 0 radical (unpaired) electrons. The van der Waals surface area contributed by atoms with Crippen LogP contribution in [0.4, 0.5) is 0 Å². The fraction of sp³-hybridized carbons (Fsp3) is 0.350. The van der Waals surface area contributed by atoms with Crippen LogP contribution in [-0.4, -0.2) is 31.6 Å². The molecule has 150 valence electrons. The highest BCUT2D eigenvalue weighted by molar-refractivity contribution is 9.10. The zero-order valence-corrected chi connectivity index (χ0v) is 19.0. The molecule has 4 nitrogen and oxygen atoms in total. The van der Waals surface area contributed by atoms with Crippen LogP contribution >= 0.6 is 39.1 Å². The van der Waals surface area contributed by atoms with Crippen molar-refractivity contribution in [2.24, 2.45) is 5.92 Å². The average molecular weight is 505 g/mol. The average Bonchev–Trinajstić information content (AvgIpc) is 2.66. The number of rotatable bonds is 6. The second kappa shape index (κ2) is 9.26. The van der Waals surface area contributed by atoms with Crippen LogP contribution in [0.15, 0.2) is 51.8 Å². The Morgan fingerprint density at radius 3 is 2.29 bits per heavy atom. The van der Waals surface area contributed by atoms with Crippen LogP contribution in [0.1, 0.15) is 24.8 Å². The fourth-order valence-corrected chi connectivity index (χ4v) is 6.09. The molecule has 28 heavy (non-hydrogen) atoms. The normalized spacial score (nSPS) is 16.2. The fourth-order valence-electron chi connectivity index (χ4n) is 3.41. The molecule has 0 spiro atoms. The molecule has 0 aliphatic carbocycles. The molecule has 3 rings (SSSR count). The summed E-state index contributed by atoms with van der Waals surface area (Å²) in [5, 5.41) is 0.562. The molecule has 1 heterocycles. The van der Waals surface area contributed by atoms with Crippen LogP contribution in [-0.2, 0) is 21.2 Å². The van der Waals surface area contributed by atoms with Crippen molar-refractivity contribution in [1.29, 1.82) is 0 Å². The maximum Gasteiger partial charge on any atom is 0.243 e. The maximum absolute atomic E-state index is 12.8. The Morgan fingerprint density at radius 1 is 1.07 bits per heavy atom. The van der Waals surface area contributed by atoms with E-state index in [0.29, 0.717) is 38.8 Å². The largest absolute Gasteiger partial charge is 0.299 e. The van der Waals surface area contributed by atoms with Crippen molar-refractivity contribution in [3.05, 3.63) is 62.5 Å². The minimum Gasteiger partial charge on any atom is -0.299 e. The lowest BCUT2D eigenvalue weighted by Crippen LogP contribution is -2.40. The molecule has 0 amide bonds. The molecule has 0 N–H and O–H groups in total. The zero-order chi connectivity index (χ0) is 20.3. The maximum atomic E-state index is 12.8. The van der Waals surface area contributed by atoms with Crippen LogP contribution < -0.4 is 0 Å². The number of halogens is 3. The predicted molar refractivity (Wildman–Crippen MR) is 115 cm³/mol. The summed E-state index contributed by atoms with van der Waals surface area (Å²) in [7, 11) is -3.67. The molecule has 8 heteroatoms. The van der Waals surface area contributed by atoms with Gasteiger partial charge in [-0.2, -0.15) is 4.31 Å². The van der Waals surface area contributed by atoms with Gasteiger partial charge in [-0.1, -0.05) is 57.3 Å². The number of nitrogens with zero attached hydrogens (tertiary/aromatic N) is 1. The first-order chi connectivity index (χ1) is 13.3. The number of Topliss-reactive ketones (excluding diaryl/α,β-unsaturated/α-hetero) is 1. The van der Waals surface area contributed by atoms with E-state index in [1.54, 1.807) is 0 Å². The van der Waals surface area contributed by atoms with Crippen molar-refractivity contribution in [3.63, 3.8) is 0 Å². The summed E-state index contributed by atoms with van der Waals surface area (Å²) in [5.74, 6) is 0.0930. The third kappa shape index (κ3) is 5.16. The number of carbonyl (C=O) groups is 1. The van der Waals surface area contributed by atoms with Crippen molar-refractivity contribution in [2.75, 3.05) is 13.1 Å². The number of aryl methyl sites for hydroxylation is 1. The molecule has 0 unspecified atom stereocenters. The van der Waals surface area contributed by atoms with Gasteiger partial charge in [0.05, 0.1) is 4.90 Å². The van der Waals surface area contributed by atoms with Crippen LogP contribution in [0.3, 0.4) is 0 Å². The molecule has 1 fully saturated rings. The Hall–Kier alpha value is -0.920. The van der Waals surface area contributed by atoms with Crippen molar-refractivity contribution >= 4 is 54.9 Å². The van der Waals surface area contributed by atoms with E-state index >= 15 is 0 Å². The van der Waals surface area contributed by atoms with Gasteiger partial charge in [0.2, 0.25) is 10.0 Å². The minimum absolute atomic E-state index is 0.0868. The molecule has 2 aromatic rings. The van der Waals surface area contributed by atoms with Crippen LogP contribution in [0.5, 0.6) is 0 Å². The summed E-state index contributed by atoms with van der Waals surface area (Å²) in [6.07, 6.45) is 2.20. The molecule has 0 atom stereocenters. The molecule has 1 saturated heterocycles. The van der Waals surface area contributed by atoms with Gasteiger partial charge in [-0.05, 0) is 49.1 Å². The second-order valence-electron chi connectivity index (χ2n) is 6.84. The number of carbonyl (C=O) groups excluding carboxylic acids is 1. The van der Waals surface area contributed by atoms with Gasteiger partial charge >= 0.3 is 0 Å². The lowest BCUT2D eigenvalue weighted by molar-refractivity contribution is -0.123. The van der Waals surface area contributed by atoms with Gasteiger partial charge in [0.25, 0.3) is 0 Å². The topological polar surface area (TPSA) is 54.5 Å². The van der Waals surface area contributed by atoms with Gasteiger partial charge in [0, 0.05) is 39.9 Å². The van der Waals surface area contributed by atoms with E-state index in [9.17, 15) is 13.2 Å². The number of hydrogen-bond acceptors (Lipinski definition) is 3. The molecular weight excluding hydrogens is 485 g/mol. The first-order valence-electron chi connectivity index (χ1n) is 9.00. The summed E-state index contributed by atoms with van der Waals surface area (Å²) < 4.78 is 28.1. The quantitative estimate of drug-likeness (QED) is 0.532. The molecule has 0 saturated carbocycles. The molecule has 0 bridgehead atoms. The summed E-state index contributed by atoms with van der Waals surface area (Å²) in [6, 6.07) is 12.2. The molecular formula is C20H20BrCl2NO3S. The number of sulfonamides is 1. The molecule has 1 aliphatic heterocycles. The smallest absolute Gasteiger partial charge is 0.243 e. The highest BCUT2D eigenvalue weighted by Gasteiger charge is 2.32. The summed E-state index contributed by atoms with van der Waals surface area (Å²) in [4.78, 5) is 12.7. The second-order valence-corrected chi connectivity index (χ2v) is 10.5. The van der Waals surface area contributed by atoms with Gasteiger partial charge in [0.15, 0.2) is 0 Å². The van der Waals surface area contributed by atoms with E-state index in [2.05, 4.69) is 15.9 Å². The third-order valence-corrected chi connectivity index (χ3v) is 8.07. The summed E-state index contributed by atoms with van der Waals surface area (Å²) in [5.41, 5.74) is 1.11. The van der Waals surface area contributed by atoms with E-state index in [1.807, 2.05) is 24.3 Å². The number of piperidine rings is 1. The van der Waals surface area contributed by atoms with Crippen LogP contribution in [0.25, 0.3) is 0 Å². The van der Waals surface area contributed by atoms with Gasteiger partial charge in [-0.3, -0.25) is 4.79 Å². The Morgan fingerprint density at radius 2 is 1.68 bits per heavy atom. The number of ketones is 1. The zero-order valence-electron chi connectivity index (χ0n) is 15.1. The van der Waals surface area contributed by atoms with Crippen LogP contribution in [0, 0.1) is 5.92 Å². The van der Waals surface area contributed by atoms with E-state index < -0.39 is 10.0 Å². The van der Waals surface area contributed by atoms with Gasteiger partial charge in [0.1, 0.15) is 5.78 Å². The Kier molecular flexibility index (Phi) is 7.21. The van der Waals surface area contributed by atoms with E-state index in [0.717, 1.165) is 10.0 Å². The van der Waals surface area contributed by atoms with Crippen LogP contribution in [0.2, 0.25) is 10.0 Å². The van der Waals surface area contributed by atoms with E-state index in [-0.39, 0.29) is 26.6 Å². The predicted octanol–water partition coefficient (Wildman–Crippen LogP) is 5.36. The van der Waals surface area contributed by atoms with Gasteiger partial charge in [-0.15, -0.1) is 0 Å². The van der Waals surface area contributed by atoms with E-state index in [4.69, 9.17) is 23.2 Å². The molecule has 0 aromatic heterocycles. The Balaban J connectivity index is 1.59. The first kappa shape index (κ1) is 21.8. The van der Waals surface area contributed by atoms with Gasteiger partial charge < -0.3 is 0 Å². The highest BCUT2D eigenvalue weighted by Crippen LogP contribution is 2.29. The van der Waals surface area contributed by atoms with Crippen molar-refractivity contribution in [1.82, 2.24) is 4.31 Å². The SMILES string of the molecule is O=C(CCc1ccccc1Br)C1CCN(S(=O)(=O)c2cc(Cl)cc(Cl)c2)CC1.